The van der Waals surface area contributed by atoms with Gasteiger partial charge in [-0.1, -0.05) is 76.2 Å². The summed E-state index contributed by atoms with van der Waals surface area (Å²) < 4.78 is 51.7. The van der Waals surface area contributed by atoms with Crippen molar-refractivity contribution in [1.29, 1.82) is 0 Å². The first-order chi connectivity index (χ1) is 14.9. The second-order valence-electron chi connectivity index (χ2n) is 7.47. The molecule has 0 unspecified atom stereocenters. The highest BCUT2D eigenvalue weighted by atomic mass is 19.4. The molecule has 0 aliphatic carbocycles. The molecule has 0 saturated carbocycles. The molecule has 0 atom stereocenters. The molecule has 174 valence electrons. The Hall–Kier alpha value is -2.45. The molecule has 9 heteroatoms. The fourth-order valence-electron chi connectivity index (χ4n) is 3.20. The Bertz CT molecular complexity index is 800. The zero-order valence-corrected chi connectivity index (χ0v) is 18.0. The summed E-state index contributed by atoms with van der Waals surface area (Å²) in [7, 11) is 0. The second kappa shape index (κ2) is 13.1. The van der Waals surface area contributed by atoms with Crippen LogP contribution in [0.4, 0.5) is 13.2 Å². The van der Waals surface area contributed by atoms with Crippen molar-refractivity contribution in [2.75, 3.05) is 6.61 Å². The number of unbranched alkanes of at least 4 members (excludes halogenated alkanes) is 10. The van der Waals surface area contributed by atoms with E-state index in [0.717, 1.165) is 36.1 Å². The van der Waals surface area contributed by atoms with E-state index in [4.69, 9.17) is 9.15 Å². The molecule has 2 rings (SSSR count). The summed E-state index contributed by atoms with van der Waals surface area (Å²) in [6.07, 6.45) is 8.46. The Morgan fingerprint density at radius 1 is 0.903 bits per heavy atom. The summed E-state index contributed by atoms with van der Waals surface area (Å²) >= 11 is 0. The van der Waals surface area contributed by atoms with Gasteiger partial charge in [0, 0.05) is 0 Å². The van der Waals surface area contributed by atoms with Crippen LogP contribution in [0, 0.1) is 0 Å². The van der Waals surface area contributed by atoms with Crippen LogP contribution in [0.15, 0.2) is 33.5 Å². The molecular weight excluding hydrogens is 413 g/mol. The van der Waals surface area contributed by atoms with Crippen molar-refractivity contribution in [1.82, 2.24) is 9.78 Å². The largest absolute Gasteiger partial charge is 0.573 e. The molecule has 1 aromatic heterocycles. The van der Waals surface area contributed by atoms with Gasteiger partial charge in [0.25, 0.3) is 0 Å². The molecule has 0 bridgehead atoms. The van der Waals surface area contributed by atoms with Crippen LogP contribution in [0.25, 0.3) is 5.69 Å². The highest BCUT2D eigenvalue weighted by Gasteiger charge is 2.31. The van der Waals surface area contributed by atoms with Gasteiger partial charge in [-0.25, -0.2) is 4.79 Å². The predicted molar refractivity (Wildman–Crippen MR) is 111 cm³/mol. The average Bonchev–Trinajstić information content (AvgIpc) is 3.08. The van der Waals surface area contributed by atoms with Crippen LogP contribution in [0.5, 0.6) is 11.8 Å². The summed E-state index contributed by atoms with van der Waals surface area (Å²) in [6.45, 7) is 2.61. The summed E-state index contributed by atoms with van der Waals surface area (Å²) in [5.74, 6) is -1.17. The minimum Gasteiger partial charge on any atom is -0.449 e. The lowest BCUT2D eigenvalue weighted by Crippen LogP contribution is -2.17. The van der Waals surface area contributed by atoms with E-state index >= 15 is 0 Å². The number of alkyl halides is 3. The van der Waals surface area contributed by atoms with Gasteiger partial charge >= 0.3 is 18.2 Å². The first-order valence-corrected chi connectivity index (χ1v) is 11.0. The number of benzene rings is 1. The van der Waals surface area contributed by atoms with Gasteiger partial charge in [0.05, 0.1) is 12.3 Å². The SMILES string of the molecule is CCCCCCCCCCCCCOc1nn(-c2ccc(OC(F)(F)F)cc2)c(=O)o1. The third kappa shape index (κ3) is 9.93. The van der Waals surface area contributed by atoms with Gasteiger partial charge in [-0.3, -0.25) is 0 Å². The van der Waals surface area contributed by atoms with E-state index in [1.165, 1.54) is 63.5 Å². The molecule has 0 N–H and O–H groups in total. The summed E-state index contributed by atoms with van der Waals surface area (Å²) in [5, 5.41) is 3.93. The quantitative estimate of drug-likeness (QED) is 0.297. The van der Waals surface area contributed by atoms with Crippen LogP contribution >= 0.6 is 0 Å². The van der Waals surface area contributed by atoms with Gasteiger partial charge in [-0.2, -0.15) is 4.68 Å². The topological polar surface area (TPSA) is 66.5 Å². The van der Waals surface area contributed by atoms with E-state index in [1.807, 2.05) is 0 Å². The molecule has 0 radical (unpaired) electrons. The van der Waals surface area contributed by atoms with Crippen LogP contribution < -0.4 is 15.2 Å². The molecule has 2 aromatic rings. The average molecular weight is 444 g/mol. The molecule has 0 saturated heterocycles. The molecule has 0 aliphatic heterocycles. The molecule has 6 nitrogen and oxygen atoms in total. The Kier molecular flexibility index (Phi) is 10.5. The smallest absolute Gasteiger partial charge is 0.449 e. The van der Waals surface area contributed by atoms with Gasteiger partial charge in [-0.15, -0.1) is 13.2 Å². The maximum Gasteiger partial charge on any atom is 0.573 e. The Morgan fingerprint density at radius 2 is 1.45 bits per heavy atom. The number of aromatic nitrogens is 2. The van der Waals surface area contributed by atoms with Gasteiger partial charge in [0.2, 0.25) is 0 Å². The zero-order chi connectivity index (χ0) is 22.5. The fraction of sp³-hybridized carbons (Fsp3) is 0.636. The number of ether oxygens (including phenoxy) is 2. The van der Waals surface area contributed by atoms with Crippen LogP contribution in [0.2, 0.25) is 0 Å². The Labute approximate surface area is 180 Å². The lowest BCUT2D eigenvalue weighted by molar-refractivity contribution is -0.274. The molecule has 0 fully saturated rings. The van der Waals surface area contributed by atoms with E-state index in [9.17, 15) is 18.0 Å². The van der Waals surface area contributed by atoms with Crippen molar-refractivity contribution < 1.29 is 27.1 Å². The van der Waals surface area contributed by atoms with Gasteiger partial charge in [-0.05, 0) is 30.7 Å². The molecule has 31 heavy (non-hydrogen) atoms. The fourth-order valence-corrected chi connectivity index (χ4v) is 3.20. The van der Waals surface area contributed by atoms with Crippen LogP contribution in [-0.4, -0.2) is 22.7 Å². The Balaban J connectivity index is 1.64. The van der Waals surface area contributed by atoms with E-state index in [2.05, 4.69) is 16.8 Å². The van der Waals surface area contributed by atoms with Crippen molar-refractivity contribution in [2.24, 2.45) is 0 Å². The highest BCUT2D eigenvalue weighted by Crippen LogP contribution is 2.23. The van der Waals surface area contributed by atoms with E-state index < -0.39 is 12.1 Å². The summed E-state index contributed by atoms with van der Waals surface area (Å²) in [5.41, 5.74) is 0.243. The number of hydrogen-bond donors (Lipinski definition) is 0. The van der Waals surface area contributed by atoms with Crippen LogP contribution in [-0.2, 0) is 0 Å². The van der Waals surface area contributed by atoms with Crippen molar-refractivity contribution in [2.45, 2.75) is 83.9 Å². The van der Waals surface area contributed by atoms with E-state index in [-0.39, 0.29) is 17.5 Å². The van der Waals surface area contributed by atoms with Crippen LogP contribution in [0.3, 0.4) is 0 Å². The maximum absolute atomic E-state index is 12.2. The lowest BCUT2D eigenvalue weighted by atomic mass is 10.1. The predicted octanol–water partition coefficient (Wildman–Crippen LogP) is 6.41. The minimum atomic E-state index is -4.78. The normalized spacial score (nSPS) is 11.6. The number of hydrogen-bond acceptors (Lipinski definition) is 5. The third-order valence-electron chi connectivity index (χ3n) is 4.82. The van der Waals surface area contributed by atoms with Gasteiger partial charge in [0.15, 0.2) is 0 Å². The molecule has 1 aromatic carbocycles. The maximum atomic E-state index is 12.2. The van der Waals surface area contributed by atoms with Gasteiger partial charge < -0.3 is 13.9 Å². The number of rotatable bonds is 15. The molecule has 0 aliphatic rings. The minimum absolute atomic E-state index is 0.160. The molecule has 1 heterocycles. The third-order valence-corrected chi connectivity index (χ3v) is 4.82. The number of halogens is 3. The van der Waals surface area contributed by atoms with E-state index in [1.54, 1.807) is 0 Å². The second-order valence-corrected chi connectivity index (χ2v) is 7.47. The summed E-state index contributed by atoms with van der Waals surface area (Å²) in [4.78, 5) is 11.9. The van der Waals surface area contributed by atoms with E-state index in [0.29, 0.717) is 6.61 Å². The van der Waals surface area contributed by atoms with Crippen molar-refractivity contribution in [3.05, 3.63) is 34.8 Å². The Morgan fingerprint density at radius 3 is 2.00 bits per heavy atom. The van der Waals surface area contributed by atoms with Crippen molar-refractivity contribution in [3.8, 4) is 17.5 Å². The highest BCUT2D eigenvalue weighted by molar-refractivity contribution is 5.36. The number of nitrogens with zero attached hydrogens (tertiary/aromatic N) is 2. The first kappa shape index (κ1) is 24.8. The molecular formula is C22H31F3N2O4. The lowest BCUT2D eigenvalue weighted by Gasteiger charge is -2.08. The van der Waals surface area contributed by atoms with Gasteiger partial charge in [0.1, 0.15) is 5.75 Å². The van der Waals surface area contributed by atoms with Crippen LogP contribution in [0.1, 0.15) is 77.6 Å². The summed E-state index contributed by atoms with van der Waals surface area (Å²) in [6, 6.07) is 4.74. The van der Waals surface area contributed by atoms with Crippen molar-refractivity contribution >= 4 is 0 Å². The zero-order valence-electron chi connectivity index (χ0n) is 18.0. The monoisotopic (exact) mass is 444 g/mol. The molecule has 0 spiro atoms. The first-order valence-electron chi connectivity index (χ1n) is 11.0. The standard InChI is InChI=1S/C22H31F3N2O4/c1-2-3-4-5-6-7-8-9-10-11-12-17-29-20-26-27(21(28)30-20)18-13-15-19(16-14-18)31-22(23,24)25/h13-16H,2-12,17H2,1H3. The molecule has 0 amide bonds. The van der Waals surface area contributed by atoms with Crippen molar-refractivity contribution in [3.63, 3.8) is 0 Å².